The van der Waals surface area contributed by atoms with Crippen molar-refractivity contribution in [3.8, 4) is 5.75 Å². The van der Waals surface area contributed by atoms with Crippen LogP contribution in [0.4, 0.5) is 0 Å². The molecule has 2 aliphatic heterocycles. The van der Waals surface area contributed by atoms with Crippen LogP contribution in [0.25, 0.3) is 6.08 Å². The Morgan fingerprint density at radius 1 is 1.05 bits per heavy atom. The van der Waals surface area contributed by atoms with Gasteiger partial charge in [0.15, 0.2) is 5.79 Å². The zero-order chi connectivity index (χ0) is 28.5. The van der Waals surface area contributed by atoms with E-state index in [1.54, 1.807) is 0 Å². The first-order chi connectivity index (χ1) is 17.5. The van der Waals surface area contributed by atoms with Gasteiger partial charge in [-0.1, -0.05) is 78.3 Å². The van der Waals surface area contributed by atoms with Crippen LogP contribution in [0, 0.1) is 11.8 Å². The Balaban J connectivity index is 2.15. The number of cyclic esters (lactones) is 1. The number of fused-ring (bicyclic) bond motifs is 2. The maximum Gasteiger partial charge on any atom is 0.342 e. The van der Waals surface area contributed by atoms with Crippen LogP contribution in [0.15, 0.2) is 30.4 Å². The molecule has 0 aliphatic carbocycles. The molecule has 38 heavy (non-hydrogen) atoms. The summed E-state index contributed by atoms with van der Waals surface area (Å²) in [5.74, 6) is -0.118. The van der Waals surface area contributed by atoms with Gasteiger partial charge in [0, 0.05) is 11.8 Å². The molecule has 5 nitrogen and oxygen atoms in total. The third kappa shape index (κ3) is 7.19. The van der Waals surface area contributed by atoms with E-state index in [0.717, 1.165) is 24.0 Å². The summed E-state index contributed by atoms with van der Waals surface area (Å²) in [7, 11) is -2.22. The molecule has 1 saturated heterocycles. The van der Waals surface area contributed by atoms with E-state index in [9.17, 15) is 4.79 Å². The molecule has 1 aromatic rings. The average Bonchev–Trinajstić information content (AvgIpc) is 3.10. The van der Waals surface area contributed by atoms with Gasteiger partial charge in [0.25, 0.3) is 8.32 Å². The van der Waals surface area contributed by atoms with E-state index < -0.39 is 14.1 Å². The molecule has 3 rings (SSSR count). The Bertz CT molecular complexity index is 1050. The molecule has 0 aromatic heterocycles. The van der Waals surface area contributed by atoms with E-state index in [1.165, 1.54) is 0 Å². The summed E-state index contributed by atoms with van der Waals surface area (Å²) in [4.78, 5) is 13.8. The Hall–Kier alpha value is -1.89. The second-order valence-corrected chi connectivity index (χ2v) is 17.9. The van der Waals surface area contributed by atoms with Gasteiger partial charge in [0.1, 0.15) is 17.4 Å². The van der Waals surface area contributed by atoms with E-state index in [4.69, 9.17) is 18.6 Å². The van der Waals surface area contributed by atoms with Crippen molar-refractivity contribution < 1.29 is 23.4 Å². The lowest BCUT2D eigenvalue weighted by molar-refractivity contribution is -0.148. The van der Waals surface area contributed by atoms with Gasteiger partial charge in [0.2, 0.25) is 0 Å². The molecule has 6 heteroatoms. The van der Waals surface area contributed by atoms with Crippen molar-refractivity contribution >= 4 is 20.4 Å². The highest BCUT2D eigenvalue weighted by Crippen LogP contribution is 2.40. The zero-order valence-electron chi connectivity index (χ0n) is 25.5. The molecule has 0 radical (unpaired) electrons. The number of carbonyl (C=O) groups is 1. The second-order valence-electron chi connectivity index (χ2n) is 13.2. The minimum atomic E-state index is -2.22. The van der Waals surface area contributed by atoms with E-state index in [-0.39, 0.29) is 41.2 Å². The van der Waals surface area contributed by atoms with Gasteiger partial charge >= 0.3 is 5.97 Å². The molecule has 212 valence electrons. The van der Waals surface area contributed by atoms with Crippen LogP contribution >= 0.6 is 0 Å². The highest BCUT2D eigenvalue weighted by atomic mass is 28.4. The van der Waals surface area contributed by atoms with Gasteiger partial charge < -0.3 is 18.6 Å². The number of hydrogen-bond acceptors (Lipinski definition) is 5. The highest BCUT2D eigenvalue weighted by Gasteiger charge is 2.43. The molecule has 2 heterocycles. The van der Waals surface area contributed by atoms with Gasteiger partial charge in [-0.15, -0.1) is 0 Å². The number of hydrogen-bond donors (Lipinski definition) is 0. The number of rotatable bonds is 4. The second kappa shape index (κ2) is 11.7. The summed E-state index contributed by atoms with van der Waals surface area (Å²) in [6, 6.07) is 4.17. The average molecular weight is 543 g/mol. The normalized spacial score (nSPS) is 29.1. The highest BCUT2D eigenvalue weighted by molar-refractivity contribution is 6.74. The van der Waals surface area contributed by atoms with E-state index in [0.29, 0.717) is 17.7 Å². The summed E-state index contributed by atoms with van der Waals surface area (Å²) < 4.78 is 25.5. The smallest absolute Gasteiger partial charge is 0.342 e. The van der Waals surface area contributed by atoms with Crippen molar-refractivity contribution in [3.63, 3.8) is 0 Å². The van der Waals surface area contributed by atoms with Gasteiger partial charge in [0.05, 0.1) is 12.2 Å². The molecule has 1 aromatic carbocycles. The molecular weight excluding hydrogens is 492 g/mol. The topological polar surface area (TPSA) is 54.0 Å². The Morgan fingerprint density at radius 3 is 2.34 bits per heavy atom. The van der Waals surface area contributed by atoms with Crippen LogP contribution in [0.1, 0.15) is 96.6 Å². The van der Waals surface area contributed by atoms with E-state index in [2.05, 4.69) is 85.0 Å². The molecule has 0 spiro atoms. The van der Waals surface area contributed by atoms with E-state index in [1.807, 2.05) is 26.8 Å². The van der Waals surface area contributed by atoms with Crippen molar-refractivity contribution in [2.45, 2.75) is 124 Å². The van der Waals surface area contributed by atoms with Crippen LogP contribution in [-0.4, -0.2) is 38.4 Å². The molecule has 1 fully saturated rings. The Labute approximate surface area is 232 Å². The fourth-order valence-electron chi connectivity index (χ4n) is 4.76. The molecule has 2 aliphatic rings. The zero-order valence-corrected chi connectivity index (χ0v) is 26.5. The molecule has 5 atom stereocenters. The summed E-state index contributed by atoms with van der Waals surface area (Å²) in [6.45, 7) is 23.4. The lowest BCUT2D eigenvalue weighted by atomic mass is 9.94. The quantitative estimate of drug-likeness (QED) is 0.217. The Kier molecular flexibility index (Phi) is 9.43. The summed E-state index contributed by atoms with van der Waals surface area (Å²) in [6.07, 6.45) is 10.6. The molecular formula is C32H50O5Si. The maximum absolute atomic E-state index is 13.8. The summed E-state index contributed by atoms with van der Waals surface area (Å²) in [5, 5.41) is -0.00708. The number of carbonyl (C=O) groups excluding carboxylic acids is 1. The largest absolute Gasteiger partial charge is 0.543 e. The van der Waals surface area contributed by atoms with Gasteiger partial charge in [-0.2, -0.15) is 0 Å². The molecule has 0 N–H and O–H groups in total. The number of esters is 1. The third-order valence-electron chi connectivity index (χ3n) is 8.26. The van der Waals surface area contributed by atoms with Crippen LogP contribution in [0.2, 0.25) is 18.1 Å². The number of aryl methyl sites for hydroxylation is 1. The first-order valence-electron chi connectivity index (χ1n) is 14.3. The van der Waals surface area contributed by atoms with Crippen molar-refractivity contribution in [2.24, 2.45) is 11.8 Å². The predicted molar refractivity (Wildman–Crippen MR) is 158 cm³/mol. The minimum Gasteiger partial charge on any atom is -0.543 e. The predicted octanol–water partition coefficient (Wildman–Crippen LogP) is 8.33. The fourth-order valence-corrected chi connectivity index (χ4v) is 5.78. The standard InChI is InChI=1S/C32H50O5Si/c1-12-14-24-19-25-15-13-16-26-29(36-32(8,9)35-26)22(3)18-17-21(2)23(4)34-30(33)28(25)27(20-24)37-38(10,11)31(5,6)7/h13,15,17-23,26,29H,12,14,16H2,1-11H3/b15-13?,18-17-/t21-,22?,23+,26+,29-/m1/s1. The molecule has 0 amide bonds. The fraction of sp³-hybridized carbons (Fsp3) is 0.656. The van der Waals surface area contributed by atoms with Gasteiger partial charge in [-0.25, -0.2) is 4.79 Å². The maximum atomic E-state index is 13.8. The molecule has 0 bridgehead atoms. The van der Waals surface area contributed by atoms with Gasteiger partial charge in [-0.05, 0) is 68.9 Å². The van der Waals surface area contributed by atoms with Crippen molar-refractivity contribution in [2.75, 3.05) is 0 Å². The van der Waals surface area contributed by atoms with Crippen molar-refractivity contribution in [1.82, 2.24) is 0 Å². The molecule has 0 saturated carbocycles. The first-order valence-corrected chi connectivity index (χ1v) is 17.2. The monoisotopic (exact) mass is 542 g/mol. The SMILES string of the molecule is CCCc1cc2c(c(O[Si](C)(C)C(C)(C)C)c1)C(=O)O[C@@H](C)[C@H](C)/C=C\C(C)[C@H]1OC(C)(C)O[C@H]1CC=C2. The van der Waals surface area contributed by atoms with Crippen LogP contribution < -0.4 is 4.43 Å². The number of benzene rings is 1. The van der Waals surface area contributed by atoms with Crippen LogP contribution in [0.3, 0.4) is 0 Å². The van der Waals surface area contributed by atoms with Crippen molar-refractivity contribution in [1.29, 1.82) is 0 Å². The minimum absolute atomic E-state index is 0.00708. The summed E-state index contributed by atoms with van der Waals surface area (Å²) in [5.41, 5.74) is 2.51. The Morgan fingerprint density at radius 2 is 1.71 bits per heavy atom. The van der Waals surface area contributed by atoms with Crippen molar-refractivity contribution in [3.05, 3.63) is 47.1 Å². The third-order valence-corrected chi connectivity index (χ3v) is 12.6. The van der Waals surface area contributed by atoms with Crippen LogP contribution in [-0.2, 0) is 20.6 Å². The first kappa shape index (κ1) is 30.6. The summed E-state index contributed by atoms with van der Waals surface area (Å²) >= 11 is 0. The lowest BCUT2D eigenvalue weighted by Gasteiger charge is -2.37. The number of ether oxygens (including phenoxy) is 3. The molecule has 1 unspecified atom stereocenters. The van der Waals surface area contributed by atoms with Crippen LogP contribution in [0.5, 0.6) is 5.75 Å². The van der Waals surface area contributed by atoms with Gasteiger partial charge in [-0.3, -0.25) is 0 Å². The van der Waals surface area contributed by atoms with E-state index >= 15 is 0 Å². The lowest BCUT2D eigenvalue weighted by Crippen LogP contribution is -2.44.